The minimum atomic E-state index is -4.19. The summed E-state index contributed by atoms with van der Waals surface area (Å²) < 4.78 is 56.9. The van der Waals surface area contributed by atoms with Crippen LogP contribution < -0.4 is 0 Å². The van der Waals surface area contributed by atoms with Gasteiger partial charge in [-0.3, -0.25) is 0 Å². The van der Waals surface area contributed by atoms with Crippen molar-refractivity contribution >= 4 is 5.57 Å². The normalized spacial score (nSPS) is 33.5. The molecule has 0 saturated heterocycles. The van der Waals surface area contributed by atoms with E-state index in [2.05, 4.69) is 6.92 Å². The first kappa shape index (κ1) is 21.6. The molecule has 3 aliphatic carbocycles. The van der Waals surface area contributed by atoms with E-state index in [0.717, 1.165) is 55.2 Å². The van der Waals surface area contributed by atoms with Gasteiger partial charge in [0.05, 0.1) is 0 Å². The smallest absolute Gasteiger partial charge is 0.194 e. The quantitative estimate of drug-likeness (QED) is 0.431. The maximum absolute atomic E-state index is 14.4. The second kappa shape index (κ2) is 8.16. The van der Waals surface area contributed by atoms with Gasteiger partial charge in [0.2, 0.25) is 0 Å². The van der Waals surface area contributed by atoms with Crippen molar-refractivity contribution in [3.63, 3.8) is 0 Å². The van der Waals surface area contributed by atoms with Gasteiger partial charge in [0.1, 0.15) is 0 Å². The topological polar surface area (TPSA) is 0 Å². The Hall–Kier alpha value is -1.58. The van der Waals surface area contributed by atoms with Crippen molar-refractivity contribution in [1.29, 1.82) is 0 Å². The van der Waals surface area contributed by atoms with Crippen molar-refractivity contribution in [2.24, 2.45) is 17.8 Å². The molecule has 0 amide bonds. The van der Waals surface area contributed by atoms with Crippen LogP contribution in [0.3, 0.4) is 0 Å². The van der Waals surface area contributed by atoms with Gasteiger partial charge in [-0.25, -0.2) is 0 Å². The maximum Gasteiger partial charge on any atom is 0.339 e. The van der Waals surface area contributed by atoms with E-state index in [0.29, 0.717) is 5.92 Å². The average Bonchev–Trinajstić information content (AvgIpc) is 2.74. The molecule has 0 bridgehead atoms. The second-order valence-corrected chi connectivity index (χ2v) is 9.83. The lowest BCUT2D eigenvalue weighted by Crippen LogP contribution is -2.43. The third-order valence-electron chi connectivity index (χ3n) is 7.92. The molecule has 2 fully saturated rings. The van der Waals surface area contributed by atoms with Gasteiger partial charge >= 0.3 is 11.8 Å². The molecule has 2 saturated carbocycles. The van der Waals surface area contributed by atoms with Crippen LogP contribution in [0.5, 0.6) is 0 Å². The van der Waals surface area contributed by atoms with Crippen LogP contribution in [0, 0.1) is 17.8 Å². The molecule has 0 spiro atoms. The van der Waals surface area contributed by atoms with Gasteiger partial charge in [-0.1, -0.05) is 56.2 Å². The molecule has 3 aliphatic rings. The Labute approximate surface area is 177 Å². The molecule has 0 N–H and O–H groups in total. The minimum absolute atomic E-state index is 0.178. The second-order valence-electron chi connectivity index (χ2n) is 9.83. The van der Waals surface area contributed by atoms with E-state index in [4.69, 9.17) is 0 Å². The van der Waals surface area contributed by atoms with Crippen LogP contribution in [0.15, 0.2) is 42.0 Å². The molecule has 30 heavy (non-hydrogen) atoms. The Morgan fingerprint density at radius 1 is 0.700 bits per heavy atom. The van der Waals surface area contributed by atoms with E-state index in [9.17, 15) is 17.6 Å². The number of alkyl halides is 4. The van der Waals surface area contributed by atoms with Gasteiger partial charge in [0, 0.05) is 11.1 Å². The summed E-state index contributed by atoms with van der Waals surface area (Å²) in [4.78, 5) is 0. The first-order valence-corrected chi connectivity index (χ1v) is 11.5. The summed E-state index contributed by atoms with van der Waals surface area (Å²) >= 11 is 0. The summed E-state index contributed by atoms with van der Waals surface area (Å²) in [5.41, 5.74) is 0.127. The van der Waals surface area contributed by atoms with E-state index >= 15 is 0 Å². The molecule has 164 valence electrons. The van der Waals surface area contributed by atoms with E-state index in [-0.39, 0.29) is 5.56 Å². The molecule has 4 rings (SSSR count). The van der Waals surface area contributed by atoms with E-state index in [1.165, 1.54) is 38.5 Å². The third-order valence-corrected chi connectivity index (χ3v) is 7.92. The van der Waals surface area contributed by atoms with Gasteiger partial charge in [0.15, 0.2) is 0 Å². The molecule has 0 unspecified atom stereocenters. The average molecular weight is 421 g/mol. The lowest BCUT2D eigenvalue weighted by molar-refractivity contribution is -0.148. The summed E-state index contributed by atoms with van der Waals surface area (Å²) in [5, 5.41) is 0. The highest BCUT2D eigenvalue weighted by Gasteiger charge is 2.60. The molecular weight excluding hydrogens is 388 g/mol. The molecule has 1 aromatic rings. The van der Waals surface area contributed by atoms with Crippen molar-refractivity contribution in [2.75, 3.05) is 0 Å². The number of halogens is 4. The van der Waals surface area contributed by atoms with Crippen molar-refractivity contribution in [3.05, 3.63) is 53.1 Å². The molecule has 0 aromatic heterocycles. The molecule has 1 aromatic carbocycles. The van der Waals surface area contributed by atoms with Gasteiger partial charge < -0.3 is 0 Å². The van der Waals surface area contributed by atoms with Crippen molar-refractivity contribution in [3.8, 4) is 0 Å². The fourth-order valence-electron chi connectivity index (χ4n) is 5.73. The number of benzene rings is 1. The summed E-state index contributed by atoms with van der Waals surface area (Å²) in [6.07, 6.45) is 12.5. The molecule has 0 heterocycles. The molecule has 0 radical (unpaired) electrons. The predicted octanol–water partition coefficient (Wildman–Crippen LogP) is 8.40. The lowest BCUT2D eigenvalue weighted by atomic mass is 9.68. The van der Waals surface area contributed by atoms with Gasteiger partial charge in [-0.2, -0.15) is 17.6 Å². The zero-order valence-corrected chi connectivity index (χ0v) is 17.9. The Bertz CT molecular complexity index is 802. The summed E-state index contributed by atoms with van der Waals surface area (Å²) in [6.45, 7) is 3.41. The number of hydrogen-bond donors (Lipinski definition) is 0. The van der Waals surface area contributed by atoms with Crippen molar-refractivity contribution < 1.29 is 17.6 Å². The molecule has 0 nitrogen and oxygen atoms in total. The van der Waals surface area contributed by atoms with Crippen molar-refractivity contribution in [2.45, 2.75) is 83.0 Å². The summed E-state index contributed by atoms with van der Waals surface area (Å²) in [7, 11) is 0. The molecule has 0 atom stereocenters. The number of allylic oxidation sites excluding steroid dienone is 4. The van der Waals surface area contributed by atoms with Crippen molar-refractivity contribution in [1.82, 2.24) is 0 Å². The number of rotatable bonds is 3. The highest BCUT2D eigenvalue weighted by Crippen LogP contribution is 2.51. The monoisotopic (exact) mass is 420 g/mol. The first-order chi connectivity index (χ1) is 14.2. The Kier molecular flexibility index (Phi) is 5.89. The van der Waals surface area contributed by atoms with Crippen LogP contribution in [0.2, 0.25) is 0 Å². The van der Waals surface area contributed by atoms with Crippen LogP contribution in [0.1, 0.15) is 82.3 Å². The van der Waals surface area contributed by atoms with Crippen LogP contribution in [0.25, 0.3) is 5.57 Å². The molecule has 4 heteroatoms. The maximum atomic E-state index is 14.4. The summed E-state index contributed by atoms with van der Waals surface area (Å²) in [6, 6.07) is 6.91. The fraction of sp³-hybridized carbons (Fsp3) is 0.615. The van der Waals surface area contributed by atoms with E-state index in [1.807, 2.05) is 12.1 Å². The van der Waals surface area contributed by atoms with Crippen LogP contribution in [-0.2, 0) is 0 Å². The van der Waals surface area contributed by atoms with Gasteiger partial charge in [-0.15, -0.1) is 0 Å². The van der Waals surface area contributed by atoms with Crippen LogP contribution >= 0.6 is 0 Å². The molecular formula is C26H32F4. The number of hydrogen-bond acceptors (Lipinski definition) is 0. The first-order valence-electron chi connectivity index (χ1n) is 11.5. The Morgan fingerprint density at radius 2 is 1.23 bits per heavy atom. The van der Waals surface area contributed by atoms with Crippen LogP contribution in [-0.4, -0.2) is 11.8 Å². The summed E-state index contributed by atoms with van der Waals surface area (Å²) in [5.74, 6) is -5.31. The Morgan fingerprint density at radius 3 is 1.80 bits per heavy atom. The highest BCUT2D eigenvalue weighted by atomic mass is 19.3. The third kappa shape index (κ3) is 3.87. The lowest BCUT2D eigenvalue weighted by Gasteiger charge is -2.37. The Balaban J connectivity index is 1.41. The van der Waals surface area contributed by atoms with Gasteiger partial charge in [0.25, 0.3) is 0 Å². The molecule has 0 aliphatic heterocycles. The van der Waals surface area contributed by atoms with Crippen LogP contribution in [0.4, 0.5) is 17.6 Å². The largest absolute Gasteiger partial charge is 0.339 e. The SMILES string of the molecule is CC1=CC=C(c2ccc(C3CCC(C4CCC(C)CC4)CC3)cc2)C(F)(F)C1(F)F. The highest BCUT2D eigenvalue weighted by molar-refractivity contribution is 5.76. The zero-order chi connectivity index (χ0) is 21.5. The predicted molar refractivity (Wildman–Crippen MR) is 114 cm³/mol. The fourth-order valence-corrected chi connectivity index (χ4v) is 5.73. The minimum Gasteiger partial charge on any atom is -0.194 e. The van der Waals surface area contributed by atoms with E-state index < -0.39 is 23.0 Å². The van der Waals surface area contributed by atoms with Gasteiger partial charge in [-0.05, 0) is 80.2 Å². The zero-order valence-electron chi connectivity index (χ0n) is 17.9. The standard InChI is InChI=1S/C26H32F4/c1-17-3-6-19(7-4-17)20-8-10-21(11-9-20)22-12-14-23(15-13-22)24-16-5-18(2)25(27,28)26(24,29)30/h5,12-17,19-21H,3-4,6-11H2,1-2H3. The van der Waals surface area contributed by atoms with E-state index in [1.54, 1.807) is 12.1 Å².